The zero-order valence-electron chi connectivity index (χ0n) is 13.3. The van der Waals surface area contributed by atoms with Crippen LogP contribution in [0.4, 0.5) is 0 Å². The van der Waals surface area contributed by atoms with Gasteiger partial charge in [0.1, 0.15) is 11.6 Å². The number of nitrogens with zero attached hydrogens (tertiary/aromatic N) is 2. The Morgan fingerprint density at radius 2 is 2.00 bits per heavy atom. The van der Waals surface area contributed by atoms with E-state index >= 15 is 0 Å². The number of rotatable bonds is 4. The molecule has 0 unspecified atom stereocenters. The maximum Gasteiger partial charge on any atom is 0.148 e. The predicted octanol–water partition coefficient (Wildman–Crippen LogP) is 4.53. The molecule has 0 aromatic heterocycles. The van der Waals surface area contributed by atoms with Gasteiger partial charge in [-0.15, -0.1) is 0 Å². The molecule has 3 nitrogen and oxygen atoms in total. The summed E-state index contributed by atoms with van der Waals surface area (Å²) in [5.74, 6) is 3.85. The molecule has 3 aliphatic rings. The van der Waals surface area contributed by atoms with Crippen LogP contribution in [0.2, 0.25) is 0 Å². The highest BCUT2D eigenvalue weighted by Crippen LogP contribution is 2.29. The molecule has 4 rings (SSSR count). The van der Waals surface area contributed by atoms with E-state index in [1.807, 2.05) is 0 Å². The summed E-state index contributed by atoms with van der Waals surface area (Å²) in [6.07, 6.45) is 11.7. The monoisotopic (exact) mass is 326 g/mol. The Hall–Kier alpha value is -1.68. The third-order valence-corrected chi connectivity index (χ3v) is 5.41. The van der Waals surface area contributed by atoms with Gasteiger partial charge in [0.2, 0.25) is 0 Å². The van der Waals surface area contributed by atoms with Gasteiger partial charge in [-0.2, -0.15) is 4.40 Å². The van der Waals surface area contributed by atoms with Gasteiger partial charge in [-0.3, -0.25) is 0 Å². The summed E-state index contributed by atoms with van der Waals surface area (Å²) in [4.78, 5) is 2.23. The van der Waals surface area contributed by atoms with Crippen LogP contribution in [-0.2, 0) is 0 Å². The number of fused-ring (bicyclic) bond motifs is 1. The van der Waals surface area contributed by atoms with Crippen molar-refractivity contribution in [3.05, 3.63) is 48.2 Å². The van der Waals surface area contributed by atoms with Gasteiger partial charge in [-0.25, -0.2) is 0 Å². The Bertz CT molecular complexity index is 642. The molecule has 120 valence electrons. The second-order valence-electron chi connectivity index (χ2n) is 6.35. The Morgan fingerprint density at radius 1 is 1.17 bits per heavy atom. The topological polar surface area (TPSA) is 24.8 Å². The molecule has 0 radical (unpaired) electrons. The summed E-state index contributed by atoms with van der Waals surface area (Å²) in [6, 6.07) is 8.47. The van der Waals surface area contributed by atoms with Crippen LogP contribution in [0.15, 0.2) is 47.0 Å². The average Bonchev–Trinajstić information content (AvgIpc) is 3.14. The smallest absolute Gasteiger partial charge is 0.148 e. The second-order valence-corrected chi connectivity index (χ2v) is 7.20. The third-order valence-electron chi connectivity index (χ3n) is 4.74. The van der Waals surface area contributed by atoms with Gasteiger partial charge in [0.25, 0.3) is 0 Å². The quantitative estimate of drug-likeness (QED) is 0.760. The van der Waals surface area contributed by atoms with Crippen molar-refractivity contribution in [2.24, 2.45) is 10.3 Å². The van der Waals surface area contributed by atoms with E-state index in [1.165, 1.54) is 36.8 Å². The fourth-order valence-electron chi connectivity index (χ4n) is 3.42. The molecule has 0 amide bonds. The lowest BCUT2D eigenvalue weighted by molar-refractivity contribution is 0.252. The molecule has 1 saturated carbocycles. The van der Waals surface area contributed by atoms with Crippen molar-refractivity contribution in [1.29, 1.82) is 0 Å². The van der Waals surface area contributed by atoms with Crippen LogP contribution in [0, 0.1) is 5.92 Å². The maximum atomic E-state index is 5.96. The van der Waals surface area contributed by atoms with Gasteiger partial charge in [-0.05, 0) is 60.6 Å². The molecule has 0 spiro atoms. The number of allylic oxidation sites excluding steroid dienone is 2. The number of hydrogen-bond acceptors (Lipinski definition) is 4. The van der Waals surface area contributed by atoms with E-state index in [9.17, 15) is 0 Å². The Balaban J connectivity index is 1.46. The zero-order valence-corrected chi connectivity index (χ0v) is 14.1. The lowest BCUT2D eigenvalue weighted by atomic mass is 10.0. The van der Waals surface area contributed by atoms with E-state index in [2.05, 4.69) is 51.9 Å². The summed E-state index contributed by atoms with van der Waals surface area (Å²) in [7, 11) is 0. The predicted molar refractivity (Wildman–Crippen MR) is 97.6 cm³/mol. The molecule has 1 aliphatic carbocycles. The van der Waals surface area contributed by atoms with Crippen molar-refractivity contribution in [1.82, 2.24) is 4.90 Å². The first-order valence-corrected chi connectivity index (χ1v) is 9.43. The van der Waals surface area contributed by atoms with Gasteiger partial charge in [0.15, 0.2) is 0 Å². The molecule has 1 aromatic carbocycles. The number of benzene rings is 1. The van der Waals surface area contributed by atoms with Crippen LogP contribution in [0.25, 0.3) is 5.57 Å². The summed E-state index contributed by atoms with van der Waals surface area (Å²) < 4.78 is 10.6. The fraction of sp³-hybridized carbons (Fsp3) is 0.421. The van der Waals surface area contributed by atoms with E-state index in [1.54, 1.807) is 11.9 Å². The standard InChI is InChI=1S/C19H22N2OS/c1-2-5-15(4-1)14-22-17-9-7-16(8-10-17)18-6-3-11-21-12-13-23-20-19(18)21/h3,6-11,15H,1-2,4-5,12-14H2. The molecule has 0 N–H and O–H groups in total. The van der Waals surface area contributed by atoms with Crippen molar-refractivity contribution in [2.45, 2.75) is 25.7 Å². The molecule has 2 aliphatic heterocycles. The minimum Gasteiger partial charge on any atom is -0.493 e. The molecule has 4 heteroatoms. The highest BCUT2D eigenvalue weighted by Gasteiger charge is 2.21. The molecule has 1 fully saturated rings. The van der Waals surface area contributed by atoms with Crippen molar-refractivity contribution in [2.75, 3.05) is 18.9 Å². The Kier molecular flexibility index (Phi) is 4.42. The van der Waals surface area contributed by atoms with Crippen molar-refractivity contribution in [3.63, 3.8) is 0 Å². The van der Waals surface area contributed by atoms with E-state index in [0.717, 1.165) is 36.4 Å². The van der Waals surface area contributed by atoms with Gasteiger partial charge in [-0.1, -0.05) is 25.0 Å². The van der Waals surface area contributed by atoms with Gasteiger partial charge in [0.05, 0.1) is 6.61 Å². The lowest BCUT2D eigenvalue weighted by Crippen LogP contribution is -2.32. The number of ether oxygens (including phenoxy) is 1. The van der Waals surface area contributed by atoms with Gasteiger partial charge >= 0.3 is 0 Å². The molecule has 1 aromatic rings. The molecule has 0 atom stereocenters. The Morgan fingerprint density at radius 3 is 2.83 bits per heavy atom. The zero-order chi connectivity index (χ0) is 15.5. The van der Waals surface area contributed by atoms with Crippen LogP contribution in [-0.4, -0.2) is 29.6 Å². The van der Waals surface area contributed by atoms with Crippen LogP contribution in [0.5, 0.6) is 5.75 Å². The molecular formula is C19H22N2OS. The molecule has 0 bridgehead atoms. The number of amidine groups is 1. The summed E-state index contributed by atoms with van der Waals surface area (Å²) in [5.41, 5.74) is 2.40. The second kappa shape index (κ2) is 6.83. The molecular weight excluding hydrogens is 304 g/mol. The average molecular weight is 326 g/mol. The van der Waals surface area contributed by atoms with E-state index < -0.39 is 0 Å². The largest absolute Gasteiger partial charge is 0.493 e. The normalized spacial score (nSPS) is 21.0. The molecule has 0 saturated heterocycles. The minimum atomic E-state index is 0.753. The van der Waals surface area contributed by atoms with Crippen LogP contribution >= 0.6 is 11.9 Å². The molecule has 23 heavy (non-hydrogen) atoms. The van der Waals surface area contributed by atoms with Crippen molar-refractivity contribution >= 4 is 23.4 Å². The van der Waals surface area contributed by atoms with Crippen LogP contribution in [0.1, 0.15) is 31.2 Å². The third kappa shape index (κ3) is 3.32. The van der Waals surface area contributed by atoms with Crippen LogP contribution < -0.4 is 4.74 Å². The summed E-state index contributed by atoms with van der Waals surface area (Å²) in [6.45, 7) is 1.89. The summed E-state index contributed by atoms with van der Waals surface area (Å²) in [5, 5.41) is 0. The first-order valence-electron chi connectivity index (χ1n) is 8.49. The van der Waals surface area contributed by atoms with E-state index in [-0.39, 0.29) is 0 Å². The maximum absolute atomic E-state index is 5.96. The lowest BCUT2D eigenvalue weighted by Gasteiger charge is -2.29. The van der Waals surface area contributed by atoms with E-state index in [0.29, 0.717) is 0 Å². The first kappa shape index (κ1) is 14.9. The first-order chi connectivity index (χ1) is 11.4. The highest BCUT2D eigenvalue weighted by atomic mass is 32.2. The van der Waals surface area contributed by atoms with E-state index in [4.69, 9.17) is 4.74 Å². The Labute approximate surface area is 142 Å². The SMILES string of the molecule is C1=CN2CCSN=C2C(c2ccc(OCC3CCCC3)cc2)=C1. The van der Waals surface area contributed by atoms with Gasteiger partial charge < -0.3 is 9.64 Å². The van der Waals surface area contributed by atoms with Gasteiger partial charge in [0, 0.05) is 24.1 Å². The van der Waals surface area contributed by atoms with Crippen LogP contribution in [0.3, 0.4) is 0 Å². The highest BCUT2D eigenvalue weighted by molar-refractivity contribution is 7.98. The molecule has 2 heterocycles. The van der Waals surface area contributed by atoms with Crippen molar-refractivity contribution < 1.29 is 4.74 Å². The van der Waals surface area contributed by atoms with Crippen molar-refractivity contribution in [3.8, 4) is 5.75 Å². The minimum absolute atomic E-state index is 0.753. The summed E-state index contributed by atoms with van der Waals surface area (Å²) >= 11 is 1.65. The fourth-order valence-corrected chi connectivity index (χ4v) is 4.11. The number of hydrogen-bond donors (Lipinski definition) is 0.